The minimum Gasteiger partial charge on any atom is -0.461 e. The summed E-state index contributed by atoms with van der Waals surface area (Å²) in [6.45, 7) is 8.17. The molecule has 2 N–H and O–H groups in total. The van der Waals surface area contributed by atoms with Crippen molar-refractivity contribution >= 4 is 5.97 Å². The van der Waals surface area contributed by atoms with E-state index in [0.29, 0.717) is 12.3 Å². The zero-order chi connectivity index (χ0) is 12.3. The highest BCUT2D eigenvalue weighted by molar-refractivity contribution is 5.88. The maximum atomic E-state index is 11.6. The van der Waals surface area contributed by atoms with Crippen LogP contribution in [0.5, 0.6) is 0 Å². The van der Waals surface area contributed by atoms with Gasteiger partial charge < -0.3 is 10.5 Å². The van der Waals surface area contributed by atoms with Crippen molar-refractivity contribution in [1.29, 1.82) is 0 Å². The summed E-state index contributed by atoms with van der Waals surface area (Å²) in [6, 6.07) is 0. The number of esters is 1. The van der Waals surface area contributed by atoms with E-state index in [9.17, 15) is 4.79 Å². The summed E-state index contributed by atoms with van der Waals surface area (Å²) < 4.78 is 6.54. The van der Waals surface area contributed by atoms with Crippen molar-refractivity contribution in [2.75, 3.05) is 6.61 Å². The van der Waals surface area contributed by atoms with E-state index in [1.165, 1.54) is 0 Å². The number of rotatable bonds is 3. The van der Waals surface area contributed by atoms with Crippen molar-refractivity contribution in [2.45, 2.75) is 39.8 Å². The first-order valence-corrected chi connectivity index (χ1v) is 5.24. The van der Waals surface area contributed by atoms with E-state index >= 15 is 0 Å². The van der Waals surface area contributed by atoms with E-state index in [2.05, 4.69) is 10.3 Å². The lowest BCUT2D eigenvalue weighted by Gasteiger charge is -2.20. The van der Waals surface area contributed by atoms with E-state index in [4.69, 9.17) is 10.5 Å². The number of carbonyl (C=O) groups is 1. The van der Waals surface area contributed by atoms with E-state index in [1.807, 2.05) is 20.8 Å². The smallest absolute Gasteiger partial charge is 0.360 e. The number of aromatic nitrogens is 3. The van der Waals surface area contributed by atoms with Gasteiger partial charge in [0.2, 0.25) is 0 Å². The number of carbonyl (C=O) groups excluding carboxylic acids is 1. The average Bonchev–Trinajstić information content (AvgIpc) is 2.60. The van der Waals surface area contributed by atoms with Gasteiger partial charge in [0.25, 0.3) is 0 Å². The fourth-order valence-corrected chi connectivity index (χ4v) is 1.38. The second kappa shape index (κ2) is 4.61. The molecule has 6 heteroatoms. The van der Waals surface area contributed by atoms with E-state index < -0.39 is 5.97 Å². The molecule has 6 nitrogen and oxygen atoms in total. The predicted molar refractivity (Wildman–Crippen MR) is 58.9 cm³/mol. The molecule has 0 aliphatic carbocycles. The number of ether oxygens (including phenoxy) is 1. The molecule has 0 fully saturated rings. The SMILES string of the molecule is CCOC(=O)c1nnn(C(C)(C)C)c1CN. The molecule has 0 radical (unpaired) electrons. The van der Waals surface area contributed by atoms with Crippen molar-refractivity contribution in [1.82, 2.24) is 15.0 Å². The molecule has 0 aliphatic heterocycles. The third-order valence-corrected chi connectivity index (χ3v) is 2.06. The van der Waals surface area contributed by atoms with Crippen LogP contribution in [0.25, 0.3) is 0 Å². The third kappa shape index (κ3) is 2.38. The standard InChI is InChI=1S/C10H18N4O2/c1-5-16-9(15)8-7(6-11)14(13-12-8)10(2,3)4/h5-6,11H2,1-4H3. The highest BCUT2D eigenvalue weighted by atomic mass is 16.5. The number of nitrogens with two attached hydrogens (primary N) is 1. The maximum Gasteiger partial charge on any atom is 0.360 e. The molecule has 0 unspecified atom stereocenters. The Morgan fingerprint density at radius 1 is 1.50 bits per heavy atom. The zero-order valence-electron chi connectivity index (χ0n) is 10.1. The van der Waals surface area contributed by atoms with Crippen molar-refractivity contribution in [3.8, 4) is 0 Å². The Hall–Kier alpha value is -1.43. The average molecular weight is 226 g/mol. The highest BCUT2D eigenvalue weighted by Gasteiger charge is 2.25. The molecule has 0 aromatic carbocycles. The van der Waals surface area contributed by atoms with E-state index in [-0.39, 0.29) is 17.8 Å². The van der Waals surface area contributed by atoms with Gasteiger partial charge >= 0.3 is 5.97 Å². The number of hydrogen-bond acceptors (Lipinski definition) is 5. The van der Waals surface area contributed by atoms with Gasteiger partial charge in [-0.1, -0.05) is 5.21 Å². The molecule has 0 saturated heterocycles. The Morgan fingerprint density at radius 3 is 2.56 bits per heavy atom. The predicted octanol–water partition coefficient (Wildman–Crippen LogP) is 0.668. The minimum atomic E-state index is -0.474. The highest BCUT2D eigenvalue weighted by Crippen LogP contribution is 2.17. The third-order valence-electron chi connectivity index (χ3n) is 2.06. The summed E-state index contributed by atoms with van der Waals surface area (Å²) in [4.78, 5) is 11.6. The van der Waals surface area contributed by atoms with E-state index in [0.717, 1.165) is 0 Å². The van der Waals surface area contributed by atoms with Crippen molar-refractivity contribution in [3.63, 3.8) is 0 Å². The van der Waals surface area contributed by atoms with Crippen molar-refractivity contribution < 1.29 is 9.53 Å². The van der Waals surface area contributed by atoms with Crippen molar-refractivity contribution in [2.24, 2.45) is 5.73 Å². The largest absolute Gasteiger partial charge is 0.461 e. The molecule has 0 bridgehead atoms. The van der Waals surface area contributed by atoms with Crippen LogP contribution in [0.15, 0.2) is 0 Å². The Balaban J connectivity index is 3.14. The quantitative estimate of drug-likeness (QED) is 0.766. The fourth-order valence-electron chi connectivity index (χ4n) is 1.38. The summed E-state index contributed by atoms with van der Waals surface area (Å²) in [5, 5.41) is 7.78. The van der Waals surface area contributed by atoms with Crippen LogP contribution in [0, 0.1) is 0 Å². The molecule has 1 heterocycles. The minimum absolute atomic E-state index is 0.207. The van der Waals surface area contributed by atoms with Gasteiger partial charge in [0, 0.05) is 6.54 Å². The van der Waals surface area contributed by atoms with Crippen LogP contribution in [0.4, 0.5) is 0 Å². The van der Waals surface area contributed by atoms with Gasteiger partial charge in [-0.3, -0.25) is 0 Å². The van der Waals surface area contributed by atoms with Crippen LogP contribution < -0.4 is 5.73 Å². The van der Waals surface area contributed by atoms with Gasteiger partial charge in [-0.05, 0) is 27.7 Å². The first-order chi connectivity index (χ1) is 7.41. The lowest BCUT2D eigenvalue weighted by molar-refractivity contribution is 0.0518. The molecule has 0 atom stereocenters. The molecular weight excluding hydrogens is 208 g/mol. The Morgan fingerprint density at radius 2 is 2.12 bits per heavy atom. The van der Waals surface area contributed by atoms with Gasteiger partial charge in [0.15, 0.2) is 5.69 Å². The Bertz CT molecular complexity index is 379. The van der Waals surface area contributed by atoms with Crippen LogP contribution >= 0.6 is 0 Å². The first kappa shape index (κ1) is 12.6. The molecule has 0 saturated carbocycles. The second-order valence-electron chi connectivity index (χ2n) is 4.39. The molecule has 1 rings (SSSR count). The van der Waals surface area contributed by atoms with Crippen LogP contribution in [0.2, 0.25) is 0 Å². The van der Waals surface area contributed by atoms with Crippen molar-refractivity contribution in [3.05, 3.63) is 11.4 Å². The lowest BCUT2D eigenvalue weighted by atomic mass is 10.1. The fraction of sp³-hybridized carbons (Fsp3) is 0.700. The number of nitrogens with zero attached hydrogens (tertiary/aromatic N) is 3. The molecule has 0 aliphatic rings. The normalized spacial score (nSPS) is 11.6. The van der Waals surface area contributed by atoms with Gasteiger partial charge in [0.1, 0.15) is 0 Å². The Labute approximate surface area is 94.8 Å². The van der Waals surface area contributed by atoms with Crippen LogP contribution in [-0.2, 0) is 16.8 Å². The summed E-state index contributed by atoms with van der Waals surface area (Å²) in [6.07, 6.45) is 0. The number of hydrogen-bond donors (Lipinski definition) is 1. The molecule has 0 spiro atoms. The molecule has 90 valence electrons. The monoisotopic (exact) mass is 226 g/mol. The second-order valence-corrected chi connectivity index (χ2v) is 4.39. The van der Waals surface area contributed by atoms with E-state index in [1.54, 1.807) is 11.6 Å². The maximum absolute atomic E-state index is 11.6. The summed E-state index contributed by atoms with van der Waals surface area (Å²) in [5.41, 5.74) is 6.17. The van der Waals surface area contributed by atoms with Crippen LogP contribution in [0.1, 0.15) is 43.9 Å². The van der Waals surface area contributed by atoms with Gasteiger partial charge in [0.05, 0.1) is 17.8 Å². The molecule has 1 aromatic rings. The molecule has 1 aromatic heterocycles. The van der Waals surface area contributed by atoms with Gasteiger partial charge in [-0.15, -0.1) is 5.10 Å². The summed E-state index contributed by atoms with van der Waals surface area (Å²) >= 11 is 0. The van der Waals surface area contributed by atoms with Gasteiger partial charge in [-0.2, -0.15) is 0 Å². The van der Waals surface area contributed by atoms with Crippen LogP contribution in [0.3, 0.4) is 0 Å². The van der Waals surface area contributed by atoms with Gasteiger partial charge in [-0.25, -0.2) is 9.48 Å². The first-order valence-electron chi connectivity index (χ1n) is 5.24. The topological polar surface area (TPSA) is 83.0 Å². The van der Waals surface area contributed by atoms with Crippen LogP contribution in [-0.4, -0.2) is 27.6 Å². The summed E-state index contributed by atoms with van der Waals surface area (Å²) in [7, 11) is 0. The zero-order valence-corrected chi connectivity index (χ0v) is 10.1. The molecule has 16 heavy (non-hydrogen) atoms. The molecule has 0 amide bonds. The molecular formula is C10H18N4O2. The lowest BCUT2D eigenvalue weighted by Crippen LogP contribution is -2.27. The summed E-state index contributed by atoms with van der Waals surface area (Å²) in [5.74, 6) is -0.474. The Kier molecular flexibility index (Phi) is 3.64.